The van der Waals surface area contributed by atoms with Crippen LogP contribution in [0.3, 0.4) is 0 Å². The van der Waals surface area contributed by atoms with Crippen molar-refractivity contribution in [3.05, 3.63) is 17.7 Å². The lowest BCUT2D eigenvalue weighted by atomic mass is 9.93. The molecule has 1 aromatic rings. The highest BCUT2D eigenvalue weighted by Crippen LogP contribution is 2.44. The van der Waals surface area contributed by atoms with Crippen molar-refractivity contribution in [2.45, 2.75) is 19.4 Å². The number of carboxylic acid groups (broad SMARTS) is 1. The molecule has 7 nitrogen and oxygen atoms in total. The Hall–Kier alpha value is -2.44. The first-order valence-corrected chi connectivity index (χ1v) is 7.28. The lowest BCUT2D eigenvalue weighted by Crippen LogP contribution is -2.36. The van der Waals surface area contributed by atoms with Gasteiger partial charge in [0.05, 0.1) is 27.4 Å². The van der Waals surface area contributed by atoms with E-state index in [1.165, 1.54) is 26.2 Å². The molecule has 1 amide bonds. The van der Waals surface area contributed by atoms with Crippen molar-refractivity contribution in [2.24, 2.45) is 5.92 Å². The average Bonchev–Trinajstić information content (AvgIpc) is 2.89. The number of carboxylic acids is 1. The summed E-state index contributed by atoms with van der Waals surface area (Å²) in [5.74, 6) is -1.13. The third kappa shape index (κ3) is 2.91. The minimum atomic E-state index is -1.24. The van der Waals surface area contributed by atoms with Gasteiger partial charge in [-0.1, -0.05) is 0 Å². The van der Waals surface area contributed by atoms with E-state index in [9.17, 15) is 14.7 Å². The van der Waals surface area contributed by atoms with Crippen LogP contribution in [0.15, 0.2) is 12.1 Å². The lowest BCUT2D eigenvalue weighted by molar-refractivity contribution is -0.312. The van der Waals surface area contributed by atoms with E-state index >= 15 is 0 Å². The number of carbonyl (C=O) groups excluding carboxylic acids is 2. The van der Waals surface area contributed by atoms with Gasteiger partial charge in [0.1, 0.15) is 0 Å². The van der Waals surface area contributed by atoms with Gasteiger partial charge >= 0.3 is 0 Å². The van der Waals surface area contributed by atoms with Gasteiger partial charge in [-0.05, 0) is 24.6 Å². The summed E-state index contributed by atoms with van der Waals surface area (Å²) in [6, 6.07) is 2.72. The Morgan fingerprint density at radius 1 is 1.22 bits per heavy atom. The zero-order valence-electron chi connectivity index (χ0n) is 13.6. The highest BCUT2D eigenvalue weighted by Gasteiger charge is 2.41. The quantitative estimate of drug-likeness (QED) is 0.752. The van der Waals surface area contributed by atoms with Crippen LogP contribution in [0.1, 0.15) is 24.9 Å². The fourth-order valence-corrected chi connectivity index (χ4v) is 3.06. The van der Waals surface area contributed by atoms with Crippen molar-refractivity contribution in [1.82, 2.24) is 4.90 Å². The maximum Gasteiger partial charge on any atom is 0.223 e. The SMILES string of the molecule is CCN1C(=O)C[C@H](C(=O)[O-])[C@H]1c1cc(OC)c(OC)c(OC)c1. The van der Waals surface area contributed by atoms with E-state index in [2.05, 4.69) is 0 Å². The van der Waals surface area contributed by atoms with Crippen LogP contribution in [0.2, 0.25) is 0 Å². The Balaban J connectivity index is 2.57. The summed E-state index contributed by atoms with van der Waals surface area (Å²) in [6.45, 7) is 2.21. The number of hydrogen-bond donors (Lipinski definition) is 0. The van der Waals surface area contributed by atoms with Crippen LogP contribution in [0.25, 0.3) is 0 Å². The summed E-state index contributed by atoms with van der Waals surface area (Å²) in [5.41, 5.74) is 0.612. The van der Waals surface area contributed by atoms with Gasteiger partial charge in [-0.3, -0.25) is 4.79 Å². The van der Waals surface area contributed by atoms with E-state index in [0.29, 0.717) is 29.4 Å². The molecular formula is C16H20NO6-. The molecule has 0 radical (unpaired) electrons. The molecule has 0 aromatic heterocycles. The number of ether oxygens (including phenoxy) is 3. The summed E-state index contributed by atoms with van der Waals surface area (Å²) in [4.78, 5) is 25.1. The molecule has 0 aliphatic carbocycles. The number of nitrogens with zero attached hydrogens (tertiary/aromatic N) is 1. The monoisotopic (exact) mass is 322 g/mol. The van der Waals surface area contributed by atoms with Crippen LogP contribution in [0.5, 0.6) is 17.2 Å². The van der Waals surface area contributed by atoms with Crippen LogP contribution in [0.4, 0.5) is 0 Å². The number of methoxy groups -OCH3 is 3. The fraction of sp³-hybridized carbons (Fsp3) is 0.500. The molecule has 2 rings (SSSR count). The van der Waals surface area contributed by atoms with E-state index in [0.717, 1.165) is 0 Å². The van der Waals surface area contributed by atoms with Crippen LogP contribution in [-0.2, 0) is 9.59 Å². The third-order valence-corrected chi connectivity index (χ3v) is 4.10. The number of likely N-dealkylation sites (tertiary alicyclic amines) is 1. The molecule has 0 bridgehead atoms. The van der Waals surface area contributed by atoms with Crippen molar-refractivity contribution < 1.29 is 28.9 Å². The maximum absolute atomic E-state index is 12.1. The Bertz CT molecular complexity index is 590. The fourth-order valence-electron chi connectivity index (χ4n) is 3.06. The highest BCUT2D eigenvalue weighted by atomic mass is 16.5. The third-order valence-electron chi connectivity index (χ3n) is 4.10. The molecule has 0 saturated carbocycles. The highest BCUT2D eigenvalue weighted by molar-refractivity contribution is 5.86. The van der Waals surface area contributed by atoms with E-state index in [1.54, 1.807) is 19.1 Å². The predicted molar refractivity (Wildman–Crippen MR) is 79.3 cm³/mol. The minimum absolute atomic E-state index is 0.0719. The second-order valence-electron chi connectivity index (χ2n) is 5.21. The largest absolute Gasteiger partial charge is 0.550 e. The van der Waals surface area contributed by atoms with Gasteiger partial charge < -0.3 is 29.0 Å². The summed E-state index contributed by atoms with van der Waals surface area (Å²) in [6.07, 6.45) is -0.0719. The number of amides is 1. The molecule has 1 aliphatic rings. The van der Waals surface area contributed by atoms with Gasteiger partial charge in [-0.25, -0.2) is 0 Å². The average molecular weight is 322 g/mol. The number of carbonyl (C=O) groups is 2. The smallest absolute Gasteiger partial charge is 0.223 e. The molecule has 0 N–H and O–H groups in total. The zero-order chi connectivity index (χ0) is 17.1. The summed E-state index contributed by atoms with van der Waals surface area (Å²) >= 11 is 0. The summed E-state index contributed by atoms with van der Waals surface area (Å²) in [5, 5.41) is 11.4. The van der Waals surface area contributed by atoms with Crippen molar-refractivity contribution in [3.8, 4) is 17.2 Å². The van der Waals surface area contributed by atoms with Gasteiger partial charge in [0.15, 0.2) is 11.5 Å². The van der Waals surface area contributed by atoms with Crippen LogP contribution >= 0.6 is 0 Å². The second kappa shape index (κ2) is 6.76. The molecule has 23 heavy (non-hydrogen) atoms. The van der Waals surface area contributed by atoms with Crippen LogP contribution in [0, 0.1) is 5.92 Å². The molecule has 0 spiro atoms. The number of hydrogen-bond acceptors (Lipinski definition) is 6. The molecule has 2 atom stereocenters. The van der Waals surface area contributed by atoms with Gasteiger partial charge in [-0.15, -0.1) is 0 Å². The molecule has 1 fully saturated rings. The van der Waals surface area contributed by atoms with E-state index in [-0.39, 0.29) is 12.3 Å². The summed E-state index contributed by atoms with van der Waals surface area (Å²) < 4.78 is 15.9. The Morgan fingerprint density at radius 3 is 2.17 bits per heavy atom. The number of rotatable bonds is 6. The van der Waals surface area contributed by atoms with Crippen molar-refractivity contribution in [2.75, 3.05) is 27.9 Å². The van der Waals surface area contributed by atoms with E-state index in [4.69, 9.17) is 14.2 Å². The van der Waals surface area contributed by atoms with Gasteiger partial charge in [0.2, 0.25) is 11.7 Å². The molecule has 1 aromatic carbocycles. The first-order valence-electron chi connectivity index (χ1n) is 7.28. The van der Waals surface area contributed by atoms with E-state index in [1.807, 2.05) is 0 Å². The molecule has 1 aliphatic heterocycles. The first kappa shape index (κ1) is 16.9. The minimum Gasteiger partial charge on any atom is -0.550 e. The normalized spacial score (nSPS) is 20.5. The molecule has 0 unspecified atom stereocenters. The Labute approximate surface area is 134 Å². The van der Waals surface area contributed by atoms with Crippen LogP contribution in [-0.4, -0.2) is 44.7 Å². The first-order chi connectivity index (χ1) is 11.0. The lowest BCUT2D eigenvalue weighted by Gasteiger charge is -2.29. The molecule has 126 valence electrons. The zero-order valence-corrected chi connectivity index (χ0v) is 13.6. The molecule has 1 saturated heterocycles. The molecular weight excluding hydrogens is 302 g/mol. The van der Waals surface area contributed by atoms with Gasteiger partial charge in [-0.2, -0.15) is 0 Å². The standard InChI is InChI=1S/C16H21NO6/c1-5-17-13(18)8-10(16(19)20)14(17)9-6-11(21-2)15(23-4)12(7-9)22-3/h6-7,10,14H,5,8H2,1-4H3,(H,19,20)/p-1/t10-,14+/m0/s1. The maximum atomic E-state index is 12.1. The number of benzene rings is 1. The predicted octanol–water partition coefficient (Wildman–Crippen LogP) is 0.372. The summed E-state index contributed by atoms with van der Waals surface area (Å²) in [7, 11) is 4.45. The molecule has 1 heterocycles. The van der Waals surface area contributed by atoms with Gasteiger partial charge in [0, 0.05) is 24.9 Å². The van der Waals surface area contributed by atoms with Gasteiger partial charge in [0.25, 0.3) is 0 Å². The van der Waals surface area contributed by atoms with Crippen LogP contribution < -0.4 is 19.3 Å². The van der Waals surface area contributed by atoms with Crippen molar-refractivity contribution in [1.29, 1.82) is 0 Å². The van der Waals surface area contributed by atoms with Crippen molar-refractivity contribution in [3.63, 3.8) is 0 Å². The topological polar surface area (TPSA) is 88.1 Å². The van der Waals surface area contributed by atoms with Crippen molar-refractivity contribution >= 4 is 11.9 Å². The Morgan fingerprint density at radius 2 is 1.78 bits per heavy atom. The second-order valence-corrected chi connectivity index (χ2v) is 5.21. The Kier molecular flexibility index (Phi) is 4.98. The number of aliphatic carboxylic acids is 1. The van der Waals surface area contributed by atoms with E-state index < -0.39 is 17.9 Å². The molecule has 7 heteroatoms.